The maximum absolute atomic E-state index is 2.44. The van der Waals surface area contributed by atoms with Crippen LogP contribution in [0.2, 0.25) is 0 Å². The second kappa shape index (κ2) is 10.2. The predicted octanol–water partition coefficient (Wildman–Crippen LogP) is 11.4. The summed E-state index contributed by atoms with van der Waals surface area (Å²) in [6, 6.07) is 14.6. The quantitative estimate of drug-likeness (QED) is 0.192. The van der Waals surface area contributed by atoms with Crippen molar-refractivity contribution in [2.45, 2.75) is 80.1 Å². The van der Waals surface area contributed by atoms with Gasteiger partial charge in [-0.25, -0.2) is 0 Å². The van der Waals surface area contributed by atoms with E-state index in [2.05, 4.69) is 77.9 Å². The van der Waals surface area contributed by atoms with Gasteiger partial charge in [-0.1, -0.05) is 51.0 Å². The first-order chi connectivity index (χ1) is 16.9. The molecule has 5 aromatic rings. The van der Waals surface area contributed by atoms with Crippen LogP contribution in [0.1, 0.15) is 72.9 Å². The normalized spacial score (nSPS) is 11.8. The van der Waals surface area contributed by atoms with E-state index in [1.165, 1.54) is 112 Å². The third-order valence-corrected chi connectivity index (χ3v) is 10.9. The van der Waals surface area contributed by atoms with Crippen LogP contribution in [-0.2, 0) is 12.8 Å². The van der Waals surface area contributed by atoms with Gasteiger partial charge in [0.1, 0.15) is 0 Å². The molecule has 0 fully saturated rings. The number of fused-ring (bicyclic) bond motifs is 3. The van der Waals surface area contributed by atoms with Gasteiger partial charge in [0.2, 0.25) is 0 Å². The fourth-order valence-corrected chi connectivity index (χ4v) is 9.89. The molecule has 3 aromatic heterocycles. The summed E-state index contributed by atoms with van der Waals surface area (Å²) in [5.74, 6) is 0. The lowest BCUT2D eigenvalue weighted by atomic mass is 9.96. The molecule has 35 heavy (non-hydrogen) atoms. The number of thiophene rings is 3. The number of unbranched alkanes of at least 4 members (excludes halogenated alkanes) is 2. The molecular weight excluding hydrogens is 481 g/mol. The van der Waals surface area contributed by atoms with Crippen LogP contribution in [0.3, 0.4) is 0 Å². The van der Waals surface area contributed by atoms with E-state index in [-0.39, 0.29) is 0 Å². The Morgan fingerprint density at radius 2 is 0.886 bits per heavy atom. The number of rotatable bonds is 8. The van der Waals surface area contributed by atoms with Gasteiger partial charge < -0.3 is 0 Å². The second-order valence-corrected chi connectivity index (χ2v) is 13.3. The van der Waals surface area contributed by atoms with Crippen molar-refractivity contribution in [3.8, 4) is 20.9 Å². The standard InChI is InChI=1S/C32H36S3/c1-7-9-11-23-13-19(3)29(20(4)14-23)25-17-27-31(34-25)32-28(33-27)18-26(35-32)30-21(5)15-24(12-10-8-2)16-22(30)6/h13-18H,7-12H2,1-6H3. The highest BCUT2D eigenvalue weighted by Crippen LogP contribution is 2.49. The van der Waals surface area contributed by atoms with E-state index in [9.17, 15) is 0 Å². The lowest BCUT2D eigenvalue weighted by Gasteiger charge is -2.11. The molecule has 0 nitrogen and oxygen atoms in total. The van der Waals surface area contributed by atoms with Crippen molar-refractivity contribution in [1.29, 1.82) is 0 Å². The summed E-state index contributed by atoms with van der Waals surface area (Å²) in [5, 5.41) is 0. The Bertz CT molecular complexity index is 1350. The second-order valence-electron chi connectivity index (χ2n) is 10.1. The molecule has 0 aliphatic heterocycles. The fourth-order valence-electron chi connectivity index (χ4n) is 5.52. The van der Waals surface area contributed by atoms with Crippen molar-refractivity contribution in [3.63, 3.8) is 0 Å². The molecule has 0 aliphatic carbocycles. The smallest absolute Gasteiger partial charge is 0.0636 e. The minimum atomic E-state index is 1.19. The summed E-state index contributed by atoms with van der Waals surface area (Å²) in [5.41, 5.74) is 11.5. The molecule has 2 aromatic carbocycles. The van der Waals surface area contributed by atoms with Crippen molar-refractivity contribution in [1.82, 2.24) is 0 Å². The first-order valence-electron chi connectivity index (χ1n) is 13.1. The predicted molar refractivity (Wildman–Crippen MR) is 162 cm³/mol. The Hall–Kier alpha value is -1.94. The number of hydrogen-bond donors (Lipinski definition) is 0. The van der Waals surface area contributed by atoms with E-state index in [4.69, 9.17) is 0 Å². The lowest BCUT2D eigenvalue weighted by molar-refractivity contribution is 0.794. The van der Waals surface area contributed by atoms with Crippen molar-refractivity contribution >= 4 is 52.8 Å². The third kappa shape index (κ3) is 4.75. The van der Waals surface area contributed by atoms with Gasteiger partial charge in [0.05, 0.1) is 9.40 Å². The zero-order valence-electron chi connectivity index (χ0n) is 21.9. The van der Waals surface area contributed by atoms with Gasteiger partial charge in [-0.05, 0) is 110 Å². The molecule has 0 saturated heterocycles. The zero-order valence-corrected chi connectivity index (χ0v) is 24.4. The highest BCUT2D eigenvalue weighted by atomic mass is 32.1. The van der Waals surface area contributed by atoms with Gasteiger partial charge in [-0.3, -0.25) is 0 Å². The Balaban J connectivity index is 1.53. The molecule has 5 rings (SSSR count). The lowest BCUT2D eigenvalue weighted by Crippen LogP contribution is -1.92. The highest BCUT2D eigenvalue weighted by Gasteiger charge is 2.18. The maximum atomic E-state index is 2.44. The monoisotopic (exact) mass is 516 g/mol. The third-order valence-electron chi connectivity index (χ3n) is 7.14. The average Bonchev–Trinajstić information content (AvgIpc) is 3.46. The summed E-state index contributed by atoms with van der Waals surface area (Å²) in [4.78, 5) is 2.85. The Morgan fingerprint density at radius 1 is 0.514 bits per heavy atom. The van der Waals surface area contributed by atoms with E-state index in [1.54, 1.807) is 0 Å². The molecule has 0 bridgehead atoms. The van der Waals surface area contributed by atoms with Gasteiger partial charge in [-0.15, -0.1) is 34.0 Å². The summed E-state index contributed by atoms with van der Waals surface area (Å²) in [6.07, 6.45) is 7.42. The summed E-state index contributed by atoms with van der Waals surface area (Å²) >= 11 is 5.94. The van der Waals surface area contributed by atoms with Crippen molar-refractivity contribution in [2.75, 3.05) is 0 Å². The van der Waals surface area contributed by atoms with Crippen molar-refractivity contribution in [2.24, 2.45) is 0 Å². The minimum Gasteiger partial charge on any atom is -0.133 e. The van der Waals surface area contributed by atoms with Crippen LogP contribution in [0.5, 0.6) is 0 Å². The summed E-state index contributed by atoms with van der Waals surface area (Å²) in [7, 11) is 0. The molecule has 0 amide bonds. The highest BCUT2D eigenvalue weighted by molar-refractivity contribution is 7.40. The van der Waals surface area contributed by atoms with Crippen LogP contribution in [0.25, 0.3) is 39.7 Å². The van der Waals surface area contributed by atoms with E-state index in [1.807, 2.05) is 34.0 Å². The molecule has 3 heterocycles. The van der Waals surface area contributed by atoms with Gasteiger partial charge >= 0.3 is 0 Å². The van der Waals surface area contributed by atoms with E-state index >= 15 is 0 Å². The van der Waals surface area contributed by atoms with Crippen LogP contribution < -0.4 is 0 Å². The first kappa shape index (κ1) is 24.7. The molecular formula is C32H36S3. The average molecular weight is 517 g/mol. The van der Waals surface area contributed by atoms with Crippen LogP contribution in [0, 0.1) is 27.7 Å². The topological polar surface area (TPSA) is 0 Å². The van der Waals surface area contributed by atoms with E-state index < -0.39 is 0 Å². The SMILES string of the molecule is CCCCc1cc(C)c(-c2cc3sc4cc(-c5c(C)cc(CCCC)cc5C)sc4c3s2)c(C)c1. The molecule has 0 atom stereocenters. The zero-order chi connectivity index (χ0) is 24.7. The molecule has 0 saturated carbocycles. The van der Waals surface area contributed by atoms with Crippen LogP contribution in [0.15, 0.2) is 36.4 Å². The minimum absolute atomic E-state index is 1.19. The maximum Gasteiger partial charge on any atom is 0.0636 e. The molecule has 0 radical (unpaired) electrons. The molecule has 0 aliphatic rings. The van der Waals surface area contributed by atoms with Crippen LogP contribution >= 0.6 is 34.0 Å². The summed E-state index contributed by atoms with van der Waals surface area (Å²) in [6.45, 7) is 13.7. The molecule has 0 unspecified atom stereocenters. The number of aryl methyl sites for hydroxylation is 6. The van der Waals surface area contributed by atoms with Crippen LogP contribution in [-0.4, -0.2) is 0 Å². The first-order valence-corrected chi connectivity index (χ1v) is 15.5. The molecule has 0 spiro atoms. The largest absolute Gasteiger partial charge is 0.133 e. The Labute approximate surface area is 222 Å². The summed E-state index contributed by atoms with van der Waals surface area (Å²) < 4.78 is 5.82. The Kier molecular flexibility index (Phi) is 7.21. The van der Waals surface area contributed by atoms with Crippen molar-refractivity contribution in [3.05, 3.63) is 69.8 Å². The molecule has 0 N–H and O–H groups in total. The van der Waals surface area contributed by atoms with Gasteiger partial charge in [0.25, 0.3) is 0 Å². The van der Waals surface area contributed by atoms with Gasteiger partial charge in [0.15, 0.2) is 0 Å². The van der Waals surface area contributed by atoms with Gasteiger partial charge in [-0.2, -0.15) is 0 Å². The molecule has 3 heteroatoms. The molecule has 182 valence electrons. The fraction of sp³-hybridized carbons (Fsp3) is 0.375. The number of hydrogen-bond acceptors (Lipinski definition) is 3. The Morgan fingerprint density at radius 3 is 1.23 bits per heavy atom. The van der Waals surface area contributed by atoms with Crippen molar-refractivity contribution < 1.29 is 0 Å². The van der Waals surface area contributed by atoms with Crippen LogP contribution in [0.4, 0.5) is 0 Å². The number of benzene rings is 2. The van der Waals surface area contributed by atoms with Gasteiger partial charge in [0, 0.05) is 19.2 Å². The van der Waals surface area contributed by atoms with E-state index in [0.29, 0.717) is 0 Å². The van der Waals surface area contributed by atoms with E-state index in [0.717, 1.165) is 0 Å².